The van der Waals surface area contributed by atoms with Gasteiger partial charge >= 0.3 is 0 Å². The molecule has 1 fully saturated rings. The summed E-state index contributed by atoms with van der Waals surface area (Å²) in [7, 11) is 1.48. The lowest BCUT2D eigenvalue weighted by molar-refractivity contribution is 0.0713. The average Bonchev–Trinajstić information content (AvgIpc) is 3.59. The van der Waals surface area contributed by atoms with Crippen LogP contribution in [0.3, 0.4) is 0 Å². The summed E-state index contributed by atoms with van der Waals surface area (Å²) in [4.78, 5) is 24.5. The van der Waals surface area contributed by atoms with E-state index in [9.17, 15) is 4.79 Å². The Hall–Kier alpha value is -4.27. The molecule has 9 nitrogen and oxygen atoms in total. The number of amides is 1. The van der Waals surface area contributed by atoms with Crippen molar-refractivity contribution < 1.29 is 18.7 Å². The molecule has 166 valence electrons. The van der Waals surface area contributed by atoms with Gasteiger partial charge in [0, 0.05) is 18.1 Å². The van der Waals surface area contributed by atoms with Crippen LogP contribution in [-0.4, -0.2) is 45.5 Å². The zero-order chi connectivity index (χ0) is 22.8. The minimum absolute atomic E-state index is 0.155. The number of nitrogens with zero attached hydrogens (tertiary/aromatic N) is 5. The molecule has 2 aromatic heterocycles. The van der Waals surface area contributed by atoms with Gasteiger partial charge in [-0.25, -0.2) is 0 Å². The molecular formula is C24H21N5O4. The molecule has 0 spiro atoms. The lowest BCUT2D eigenvalue weighted by Gasteiger charge is -2.21. The van der Waals surface area contributed by atoms with Gasteiger partial charge in [-0.1, -0.05) is 57.9 Å². The number of aromatic nitrogens is 3. The molecule has 0 N–H and O–H groups in total. The molecule has 1 amide bonds. The zero-order valence-corrected chi connectivity index (χ0v) is 18.1. The first kappa shape index (κ1) is 20.6. The highest BCUT2D eigenvalue weighted by atomic mass is 16.6. The molecule has 0 bridgehead atoms. The highest BCUT2D eigenvalue weighted by molar-refractivity contribution is 6.00. The Kier molecular flexibility index (Phi) is 5.43. The molecule has 9 heteroatoms. The van der Waals surface area contributed by atoms with Crippen molar-refractivity contribution in [3.05, 3.63) is 77.9 Å². The van der Waals surface area contributed by atoms with Crippen LogP contribution in [0.25, 0.3) is 22.6 Å². The first-order valence-electron chi connectivity index (χ1n) is 10.4. The predicted octanol–water partition coefficient (Wildman–Crippen LogP) is 4.29. The third kappa shape index (κ3) is 4.12. The fraction of sp³-hybridized carbons (Fsp3) is 0.208. The number of carbonyl (C=O) groups excluding carboxylic acids is 1. The summed E-state index contributed by atoms with van der Waals surface area (Å²) in [6.07, 6.45) is 0.432. The average molecular weight is 443 g/mol. The molecule has 3 heterocycles. The molecule has 1 atom stereocenters. The number of carbonyl (C=O) groups is 1. The van der Waals surface area contributed by atoms with Crippen molar-refractivity contribution in [1.29, 1.82) is 0 Å². The Morgan fingerprint density at radius 2 is 1.82 bits per heavy atom. The van der Waals surface area contributed by atoms with E-state index in [0.717, 1.165) is 11.1 Å². The minimum atomic E-state index is -0.463. The molecule has 1 aliphatic heterocycles. The van der Waals surface area contributed by atoms with Crippen molar-refractivity contribution in [2.45, 2.75) is 19.4 Å². The van der Waals surface area contributed by atoms with Gasteiger partial charge < -0.3 is 18.8 Å². The molecule has 2 aromatic carbocycles. The standard InChI is InChI=1S/C24H21N5O4/c1-15-12-20(27-32-15)22-25-23(33-28-22)21-13-19(26-31-2)14-29(21)24(30)18-10-8-17(9-11-18)16-6-4-3-5-7-16/h3-12,21H,13-14H2,1-2H3. The molecule has 0 aliphatic carbocycles. The molecule has 1 saturated heterocycles. The Labute approximate surface area is 189 Å². The largest absolute Gasteiger partial charge is 0.399 e. The second-order valence-electron chi connectivity index (χ2n) is 7.72. The van der Waals surface area contributed by atoms with Gasteiger partial charge in [-0.05, 0) is 30.2 Å². The van der Waals surface area contributed by atoms with Crippen LogP contribution < -0.4 is 0 Å². The Morgan fingerprint density at radius 1 is 1.06 bits per heavy atom. The van der Waals surface area contributed by atoms with Gasteiger partial charge in [-0.2, -0.15) is 4.98 Å². The van der Waals surface area contributed by atoms with Crippen molar-refractivity contribution in [1.82, 2.24) is 20.2 Å². The third-order valence-corrected chi connectivity index (χ3v) is 5.46. The SMILES string of the molecule is CON=C1CC(c2nc(-c3cc(C)on3)no2)N(C(=O)c2ccc(-c3ccccc3)cc2)C1. The van der Waals surface area contributed by atoms with E-state index >= 15 is 0 Å². The molecule has 1 aliphatic rings. The lowest BCUT2D eigenvalue weighted by atomic mass is 10.0. The summed E-state index contributed by atoms with van der Waals surface area (Å²) in [6.45, 7) is 2.09. The van der Waals surface area contributed by atoms with Gasteiger partial charge in [0.15, 0.2) is 5.69 Å². The quantitative estimate of drug-likeness (QED) is 0.424. The van der Waals surface area contributed by atoms with Crippen LogP contribution in [0.2, 0.25) is 0 Å². The summed E-state index contributed by atoms with van der Waals surface area (Å²) < 4.78 is 10.6. The van der Waals surface area contributed by atoms with Crippen LogP contribution in [0, 0.1) is 6.92 Å². The summed E-state index contributed by atoms with van der Waals surface area (Å²) in [6, 6.07) is 18.8. The number of hydrogen-bond acceptors (Lipinski definition) is 8. The normalized spacial score (nSPS) is 17.0. The highest BCUT2D eigenvalue weighted by Crippen LogP contribution is 2.33. The number of aryl methyl sites for hydroxylation is 1. The molecule has 33 heavy (non-hydrogen) atoms. The molecule has 1 unspecified atom stereocenters. The van der Waals surface area contributed by atoms with E-state index in [1.165, 1.54) is 7.11 Å². The van der Waals surface area contributed by atoms with Gasteiger partial charge in [-0.3, -0.25) is 4.79 Å². The zero-order valence-electron chi connectivity index (χ0n) is 18.1. The summed E-state index contributed by atoms with van der Waals surface area (Å²) in [5.41, 5.74) is 3.88. The molecule has 4 aromatic rings. The number of oxime groups is 1. The maximum atomic E-state index is 13.4. The van der Waals surface area contributed by atoms with Crippen molar-refractivity contribution in [2.24, 2.45) is 5.16 Å². The number of likely N-dealkylation sites (tertiary alicyclic amines) is 1. The van der Waals surface area contributed by atoms with E-state index in [4.69, 9.17) is 13.9 Å². The van der Waals surface area contributed by atoms with E-state index in [-0.39, 0.29) is 5.91 Å². The lowest BCUT2D eigenvalue weighted by Crippen LogP contribution is -2.31. The van der Waals surface area contributed by atoms with Crippen molar-refractivity contribution in [2.75, 3.05) is 13.7 Å². The van der Waals surface area contributed by atoms with E-state index in [1.807, 2.05) is 54.6 Å². The van der Waals surface area contributed by atoms with Gasteiger partial charge in [0.25, 0.3) is 5.91 Å². The molecular weight excluding hydrogens is 422 g/mol. The minimum Gasteiger partial charge on any atom is -0.399 e. The van der Waals surface area contributed by atoms with Crippen molar-refractivity contribution >= 4 is 11.6 Å². The second-order valence-corrected chi connectivity index (χ2v) is 7.72. The van der Waals surface area contributed by atoms with Crippen LogP contribution in [0.5, 0.6) is 0 Å². The fourth-order valence-electron chi connectivity index (χ4n) is 3.88. The van der Waals surface area contributed by atoms with Gasteiger partial charge in [0.2, 0.25) is 11.7 Å². The van der Waals surface area contributed by atoms with E-state index in [2.05, 4.69) is 20.5 Å². The van der Waals surface area contributed by atoms with Crippen LogP contribution in [0.15, 0.2) is 74.9 Å². The number of rotatable bonds is 5. The maximum absolute atomic E-state index is 13.4. The van der Waals surface area contributed by atoms with Gasteiger partial charge in [-0.15, -0.1) is 0 Å². The maximum Gasteiger partial charge on any atom is 0.254 e. The second kappa shape index (κ2) is 8.70. The Bertz CT molecular complexity index is 1290. The summed E-state index contributed by atoms with van der Waals surface area (Å²) in [5.74, 6) is 1.10. The predicted molar refractivity (Wildman–Crippen MR) is 119 cm³/mol. The monoisotopic (exact) mass is 443 g/mol. The molecule has 5 rings (SSSR count). The van der Waals surface area contributed by atoms with Crippen LogP contribution >= 0.6 is 0 Å². The Balaban J connectivity index is 1.42. The third-order valence-electron chi connectivity index (χ3n) is 5.46. The van der Waals surface area contributed by atoms with Crippen LogP contribution in [0.1, 0.15) is 34.5 Å². The van der Waals surface area contributed by atoms with E-state index in [0.29, 0.717) is 47.4 Å². The van der Waals surface area contributed by atoms with E-state index < -0.39 is 6.04 Å². The molecule has 0 saturated carbocycles. The number of benzene rings is 2. The van der Waals surface area contributed by atoms with Gasteiger partial charge in [0.05, 0.1) is 12.3 Å². The molecule has 0 radical (unpaired) electrons. The highest BCUT2D eigenvalue weighted by Gasteiger charge is 2.38. The first-order valence-corrected chi connectivity index (χ1v) is 10.4. The summed E-state index contributed by atoms with van der Waals surface area (Å²) >= 11 is 0. The van der Waals surface area contributed by atoms with Crippen molar-refractivity contribution in [3.63, 3.8) is 0 Å². The smallest absolute Gasteiger partial charge is 0.254 e. The first-order chi connectivity index (χ1) is 16.1. The summed E-state index contributed by atoms with van der Waals surface area (Å²) in [5, 5.41) is 12.0. The van der Waals surface area contributed by atoms with Crippen LogP contribution in [0.4, 0.5) is 0 Å². The van der Waals surface area contributed by atoms with E-state index in [1.54, 1.807) is 17.9 Å². The fourth-order valence-corrected chi connectivity index (χ4v) is 3.88. The number of hydrogen-bond donors (Lipinski definition) is 0. The van der Waals surface area contributed by atoms with Crippen LogP contribution in [-0.2, 0) is 4.84 Å². The van der Waals surface area contributed by atoms with Gasteiger partial charge in [0.1, 0.15) is 18.9 Å². The van der Waals surface area contributed by atoms with Crippen molar-refractivity contribution in [3.8, 4) is 22.6 Å². The Morgan fingerprint density at radius 3 is 2.52 bits per heavy atom. The topological polar surface area (TPSA) is 107 Å².